The molecule has 0 aliphatic rings. The van der Waals surface area contributed by atoms with Gasteiger partial charge in [-0.1, -0.05) is 20.3 Å². The molecule has 2 unspecified atom stereocenters. The molecule has 3 heteroatoms. The summed E-state index contributed by atoms with van der Waals surface area (Å²) in [6.45, 7) is 4.25. The summed E-state index contributed by atoms with van der Waals surface area (Å²) < 4.78 is 18.7. The van der Waals surface area contributed by atoms with E-state index in [9.17, 15) is 4.39 Å². The van der Waals surface area contributed by atoms with E-state index in [1.165, 1.54) is 12.1 Å². The Morgan fingerprint density at radius 1 is 1.35 bits per heavy atom. The topological polar surface area (TPSA) is 39.2 Å². The first-order valence-electron chi connectivity index (χ1n) is 6.06. The van der Waals surface area contributed by atoms with Crippen molar-refractivity contribution in [3.8, 4) is 0 Å². The molecule has 0 aliphatic heterocycles. The minimum Gasteiger partial charge on any atom is -0.459 e. The molecule has 2 nitrogen and oxygen atoms in total. The quantitative estimate of drug-likeness (QED) is 0.869. The van der Waals surface area contributed by atoms with E-state index < -0.39 is 0 Å². The van der Waals surface area contributed by atoms with Crippen molar-refractivity contribution < 1.29 is 8.81 Å². The number of rotatable bonds is 4. The van der Waals surface area contributed by atoms with E-state index in [-0.39, 0.29) is 11.9 Å². The number of furan rings is 1. The molecule has 0 bridgehead atoms. The van der Waals surface area contributed by atoms with Crippen LogP contribution in [0.1, 0.15) is 38.5 Å². The lowest BCUT2D eigenvalue weighted by molar-refractivity contribution is 0.375. The summed E-state index contributed by atoms with van der Waals surface area (Å²) in [5.74, 6) is 0.858. The zero-order valence-corrected chi connectivity index (χ0v) is 10.2. The van der Waals surface area contributed by atoms with Gasteiger partial charge in [-0.3, -0.25) is 0 Å². The van der Waals surface area contributed by atoms with Crippen molar-refractivity contribution in [1.82, 2.24) is 0 Å². The molecule has 2 aromatic rings. The second-order valence-electron chi connectivity index (χ2n) is 4.62. The highest BCUT2D eigenvalue weighted by Crippen LogP contribution is 2.28. The van der Waals surface area contributed by atoms with Crippen molar-refractivity contribution in [2.75, 3.05) is 0 Å². The summed E-state index contributed by atoms with van der Waals surface area (Å²) in [4.78, 5) is 0. The first-order chi connectivity index (χ1) is 8.11. The normalized spacial score (nSPS) is 15.1. The lowest BCUT2D eigenvalue weighted by Crippen LogP contribution is -2.18. The van der Waals surface area contributed by atoms with Gasteiger partial charge in [0.15, 0.2) is 0 Å². The molecule has 0 saturated heterocycles. The van der Waals surface area contributed by atoms with E-state index in [1.807, 2.05) is 6.07 Å². The van der Waals surface area contributed by atoms with Gasteiger partial charge in [0, 0.05) is 5.39 Å². The number of nitrogens with two attached hydrogens (primary N) is 1. The number of hydrogen-bond acceptors (Lipinski definition) is 2. The van der Waals surface area contributed by atoms with Crippen molar-refractivity contribution in [2.24, 2.45) is 11.7 Å². The van der Waals surface area contributed by atoms with Crippen LogP contribution in [0.5, 0.6) is 0 Å². The summed E-state index contributed by atoms with van der Waals surface area (Å²) in [6, 6.07) is 6.24. The molecule has 17 heavy (non-hydrogen) atoms. The van der Waals surface area contributed by atoms with Crippen LogP contribution in [0.2, 0.25) is 0 Å². The van der Waals surface area contributed by atoms with Crippen molar-refractivity contribution in [3.05, 3.63) is 35.8 Å². The lowest BCUT2D eigenvalue weighted by Gasteiger charge is -2.16. The second kappa shape index (κ2) is 4.88. The van der Waals surface area contributed by atoms with Gasteiger partial charge in [0.2, 0.25) is 0 Å². The summed E-state index contributed by atoms with van der Waals surface area (Å²) in [5.41, 5.74) is 6.83. The highest BCUT2D eigenvalue weighted by molar-refractivity contribution is 5.78. The molecule has 92 valence electrons. The van der Waals surface area contributed by atoms with E-state index in [4.69, 9.17) is 10.2 Å². The standard InChI is InChI=1S/C14H18FNO/c1-3-4-9(2)14(16)13-8-10-7-11(15)5-6-12(10)17-13/h5-9,14H,3-4,16H2,1-2H3. The molecule has 2 N–H and O–H groups in total. The smallest absolute Gasteiger partial charge is 0.134 e. The molecule has 1 aromatic heterocycles. The van der Waals surface area contributed by atoms with Gasteiger partial charge in [-0.2, -0.15) is 0 Å². The predicted octanol–water partition coefficient (Wildman–Crippen LogP) is 4.01. The average molecular weight is 235 g/mol. The molecular formula is C14H18FNO. The van der Waals surface area contributed by atoms with Crippen LogP contribution >= 0.6 is 0 Å². The number of benzene rings is 1. The van der Waals surface area contributed by atoms with Gasteiger partial charge < -0.3 is 10.2 Å². The maximum absolute atomic E-state index is 13.1. The molecule has 1 aromatic carbocycles. The van der Waals surface area contributed by atoms with Crippen molar-refractivity contribution in [2.45, 2.75) is 32.7 Å². The van der Waals surface area contributed by atoms with Crippen LogP contribution in [0.15, 0.2) is 28.7 Å². The first kappa shape index (κ1) is 12.1. The van der Waals surface area contributed by atoms with Crippen LogP contribution in [0, 0.1) is 11.7 Å². The van der Waals surface area contributed by atoms with E-state index in [0.717, 1.165) is 24.0 Å². The van der Waals surface area contributed by atoms with E-state index in [2.05, 4.69) is 13.8 Å². The minimum atomic E-state index is -0.250. The second-order valence-corrected chi connectivity index (χ2v) is 4.62. The first-order valence-corrected chi connectivity index (χ1v) is 6.06. The van der Waals surface area contributed by atoms with E-state index >= 15 is 0 Å². The Kier molecular flexibility index (Phi) is 3.48. The van der Waals surface area contributed by atoms with Gasteiger partial charge in [0.25, 0.3) is 0 Å². The maximum atomic E-state index is 13.1. The highest BCUT2D eigenvalue weighted by atomic mass is 19.1. The fraction of sp³-hybridized carbons (Fsp3) is 0.429. The Balaban J connectivity index is 2.29. The fourth-order valence-electron chi connectivity index (χ4n) is 2.11. The Morgan fingerprint density at radius 3 is 2.82 bits per heavy atom. The molecule has 0 saturated carbocycles. The zero-order valence-electron chi connectivity index (χ0n) is 10.2. The van der Waals surface area contributed by atoms with Crippen LogP contribution in [0.4, 0.5) is 4.39 Å². The number of halogens is 1. The highest BCUT2D eigenvalue weighted by Gasteiger charge is 2.18. The van der Waals surface area contributed by atoms with Crippen LogP contribution < -0.4 is 5.73 Å². The molecule has 2 rings (SSSR count). The van der Waals surface area contributed by atoms with Gasteiger partial charge in [0.05, 0.1) is 6.04 Å². The lowest BCUT2D eigenvalue weighted by atomic mass is 9.96. The molecule has 0 spiro atoms. The van der Waals surface area contributed by atoms with Gasteiger partial charge >= 0.3 is 0 Å². The van der Waals surface area contributed by atoms with Gasteiger partial charge in [0.1, 0.15) is 17.2 Å². The van der Waals surface area contributed by atoms with E-state index in [1.54, 1.807) is 6.07 Å². The summed E-state index contributed by atoms with van der Waals surface area (Å²) >= 11 is 0. The summed E-state index contributed by atoms with van der Waals surface area (Å²) in [5, 5.41) is 0.777. The van der Waals surface area contributed by atoms with Crippen molar-refractivity contribution in [3.63, 3.8) is 0 Å². The molecule has 0 fully saturated rings. The molecule has 0 radical (unpaired) electrons. The SMILES string of the molecule is CCCC(C)C(N)c1cc2cc(F)ccc2o1. The monoisotopic (exact) mass is 235 g/mol. The molecule has 0 amide bonds. The van der Waals surface area contributed by atoms with Gasteiger partial charge in [-0.05, 0) is 36.6 Å². The molecule has 2 atom stereocenters. The third-order valence-corrected chi connectivity index (χ3v) is 3.18. The minimum absolute atomic E-state index is 0.120. The van der Waals surface area contributed by atoms with Crippen LogP contribution in [-0.2, 0) is 0 Å². The Hall–Kier alpha value is -1.35. The van der Waals surface area contributed by atoms with Crippen molar-refractivity contribution in [1.29, 1.82) is 0 Å². The Labute approximate surface area is 101 Å². The number of hydrogen-bond donors (Lipinski definition) is 1. The van der Waals surface area contributed by atoms with E-state index in [0.29, 0.717) is 11.5 Å². The summed E-state index contributed by atoms with van der Waals surface area (Å²) in [6.07, 6.45) is 2.16. The summed E-state index contributed by atoms with van der Waals surface area (Å²) in [7, 11) is 0. The fourth-order valence-corrected chi connectivity index (χ4v) is 2.11. The predicted molar refractivity (Wildman–Crippen MR) is 67.2 cm³/mol. The zero-order chi connectivity index (χ0) is 12.4. The van der Waals surface area contributed by atoms with Gasteiger partial charge in [-0.15, -0.1) is 0 Å². The average Bonchev–Trinajstić information content (AvgIpc) is 2.71. The Bertz CT molecular complexity index is 506. The molecule has 1 heterocycles. The van der Waals surface area contributed by atoms with Crippen LogP contribution in [0.25, 0.3) is 11.0 Å². The third-order valence-electron chi connectivity index (χ3n) is 3.18. The third kappa shape index (κ3) is 2.50. The van der Waals surface area contributed by atoms with Crippen molar-refractivity contribution >= 4 is 11.0 Å². The number of fused-ring (bicyclic) bond motifs is 1. The largest absolute Gasteiger partial charge is 0.459 e. The van der Waals surface area contributed by atoms with Gasteiger partial charge in [-0.25, -0.2) is 4.39 Å². The molecule has 0 aliphatic carbocycles. The van der Waals surface area contributed by atoms with Crippen LogP contribution in [-0.4, -0.2) is 0 Å². The Morgan fingerprint density at radius 2 is 2.12 bits per heavy atom. The maximum Gasteiger partial charge on any atom is 0.134 e. The van der Waals surface area contributed by atoms with Crippen LogP contribution in [0.3, 0.4) is 0 Å². The molecular weight excluding hydrogens is 217 g/mol.